The van der Waals surface area contributed by atoms with Gasteiger partial charge in [-0.2, -0.15) is 0 Å². The highest BCUT2D eigenvalue weighted by molar-refractivity contribution is 5.44. The van der Waals surface area contributed by atoms with Crippen molar-refractivity contribution in [3.63, 3.8) is 0 Å². The van der Waals surface area contributed by atoms with E-state index in [0.29, 0.717) is 5.41 Å². The average Bonchev–Trinajstić information content (AvgIpc) is 2.99. The summed E-state index contributed by atoms with van der Waals surface area (Å²) in [5.41, 5.74) is 5.46. The fourth-order valence-corrected chi connectivity index (χ4v) is 5.22. The monoisotopic (exact) mass is 266 g/mol. The summed E-state index contributed by atoms with van der Waals surface area (Å²) in [5.74, 6) is 2.47. The molecule has 0 heterocycles. The van der Waals surface area contributed by atoms with Crippen LogP contribution in [0.2, 0.25) is 0 Å². The van der Waals surface area contributed by atoms with E-state index in [0.717, 1.165) is 17.8 Å². The average molecular weight is 266 g/mol. The zero-order chi connectivity index (χ0) is 13.7. The standard InChI is InChI=1S/C20H26/c1-14(2)10-15-6-8-19-17(11-15)4-3-9-20(19)13-16-5-7-18(20)12-16/h5-8,11,14,16,18H,3-4,9-10,12-13H2,1-2H3. The van der Waals surface area contributed by atoms with Crippen molar-refractivity contribution in [2.45, 2.75) is 57.8 Å². The molecule has 0 N–H and O–H groups in total. The maximum Gasteiger partial charge on any atom is 0.00243 e. The van der Waals surface area contributed by atoms with Gasteiger partial charge in [-0.1, -0.05) is 44.2 Å². The van der Waals surface area contributed by atoms with Crippen molar-refractivity contribution in [1.82, 2.24) is 0 Å². The molecule has 0 saturated heterocycles. The van der Waals surface area contributed by atoms with Crippen molar-refractivity contribution in [3.8, 4) is 0 Å². The van der Waals surface area contributed by atoms with Gasteiger partial charge in [0.1, 0.15) is 0 Å². The highest BCUT2D eigenvalue weighted by Crippen LogP contribution is 2.58. The van der Waals surface area contributed by atoms with Gasteiger partial charge in [-0.05, 0) is 73.0 Å². The molecule has 0 amide bonds. The van der Waals surface area contributed by atoms with Crippen molar-refractivity contribution in [2.75, 3.05) is 0 Å². The Morgan fingerprint density at radius 1 is 1.25 bits per heavy atom. The first-order valence-electron chi connectivity index (χ1n) is 8.48. The van der Waals surface area contributed by atoms with Crippen LogP contribution in [-0.4, -0.2) is 0 Å². The summed E-state index contributed by atoms with van der Waals surface area (Å²) in [5, 5.41) is 0. The molecular formula is C20H26. The van der Waals surface area contributed by atoms with Gasteiger partial charge in [0.15, 0.2) is 0 Å². The molecule has 3 unspecified atom stereocenters. The minimum Gasteiger partial charge on any atom is -0.0851 e. The van der Waals surface area contributed by atoms with E-state index in [1.807, 2.05) is 0 Å². The molecule has 1 saturated carbocycles. The second kappa shape index (κ2) is 4.48. The molecule has 4 rings (SSSR count). The summed E-state index contributed by atoms with van der Waals surface area (Å²) in [6.07, 6.45) is 13.2. The Morgan fingerprint density at radius 2 is 2.15 bits per heavy atom. The molecule has 2 bridgehead atoms. The van der Waals surface area contributed by atoms with E-state index in [2.05, 4.69) is 44.2 Å². The second-order valence-electron chi connectivity index (χ2n) is 7.79. The molecule has 0 radical (unpaired) electrons. The van der Waals surface area contributed by atoms with Crippen LogP contribution in [0.1, 0.15) is 56.2 Å². The zero-order valence-corrected chi connectivity index (χ0v) is 12.9. The van der Waals surface area contributed by atoms with E-state index in [1.165, 1.54) is 38.5 Å². The molecule has 0 nitrogen and oxygen atoms in total. The van der Waals surface area contributed by atoms with Crippen molar-refractivity contribution in [2.24, 2.45) is 17.8 Å². The number of allylic oxidation sites excluding steroid dienone is 2. The van der Waals surface area contributed by atoms with Crippen LogP contribution < -0.4 is 0 Å². The number of rotatable bonds is 2. The molecule has 1 aromatic rings. The normalized spacial score (nSPS) is 34.1. The van der Waals surface area contributed by atoms with Crippen LogP contribution in [-0.2, 0) is 18.3 Å². The lowest BCUT2D eigenvalue weighted by Crippen LogP contribution is -2.35. The van der Waals surface area contributed by atoms with E-state index < -0.39 is 0 Å². The summed E-state index contributed by atoms with van der Waals surface area (Å²) in [7, 11) is 0. The first-order valence-corrected chi connectivity index (χ1v) is 8.48. The molecule has 0 aromatic heterocycles. The van der Waals surface area contributed by atoms with Gasteiger partial charge in [0, 0.05) is 5.41 Å². The van der Waals surface area contributed by atoms with Crippen LogP contribution in [0, 0.1) is 17.8 Å². The molecule has 1 spiro atoms. The summed E-state index contributed by atoms with van der Waals surface area (Å²) in [4.78, 5) is 0. The third kappa shape index (κ3) is 1.80. The molecule has 0 aliphatic heterocycles. The quantitative estimate of drug-likeness (QED) is 0.657. The van der Waals surface area contributed by atoms with Crippen LogP contribution in [0.3, 0.4) is 0 Å². The van der Waals surface area contributed by atoms with Gasteiger partial charge in [0.2, 0.25) is 0 Å². The molecule has 1 fully saturated rings. The number of fused-ring (bicyclic) bond motifs is 5. The predicted molar refractivity (Wildman–Crippen MR) is 85.0 cm³/mol. The Balaban J connectivity index is 1.73. The smallest absolute Gasteiger partial charge is 0.00243 e. The Kier molecular flexibility index (Phi) is 2.84. The predicted octanol–water partition coefficient (Wildman–Crippen LogP) is 5.06. The van der Waals surface area contributed by atoms with E-state index in [1.54, 1.807) is 16.7 Å². The van der Waals surface area contributed by atoms with Crippen molar-refractivity contribution < 1.29 is 0 Å². The molecular weight excluding hydrogens is 240 g/mol. The van der Waals surface area contributed by atoms with Gasteiger partial charge in [-0.25, -0.2) is 0 Å². The van der Waals surface area contributed by atoms with Crippen LogP contribution >= 0.6 is 0 Å². The molecule has 0 heteroatoms. The minimum absolute atomic E-state index is 0.517. The van der Waals surface area contributed by atoms with Crippen molar-refractivity contribution >= 4 is 0 Å². The number of aryl methyl sites for hydroxylation is 1. The summed E-state index contributed by atoms with van der Waals surface area (Å²) >= 11 is 0. The first-order chi connectivity index (χ1) is 9.67. The van der Waals surface area contributed by atoms with Crippen LogP contribution in [0.5, 0.6) is 0 Å². The van der Waals surface area contributed by atoms with Crippen LogP contribution in [0.15, 0.2) is 30.4 Å². The van der Waals surface area contributed by atoms with Crippen LogP contribution in [0.4, 0.5) is 0 Å². The van der Waals surface area contributed by atoms with E-state index >= 15 is 0 Å². The van der Waals surface area contributed by atoms with Gasteiger partial charge in [0.05, 0.1) is 0 Å². The topological polar surface area (TPSA) is 0 Å². The largest absolute Gasteiger partial charge is 0.0851 e. The number of hydrogen-bond acceptors (Lipinski definition) is 0. The van der Waals surface area contributed by atoms with E-state index in [4.69, 9.17) is 0 Å². The Hall–Kier alpha value is -1.04. The van der Waals surface area contributed by atoms with Gasteiger partial charge in [0.25, 0.3) is 0 Å². The molecule has 106 valence electrons. The Bertz CT molecular complexity index is 551. The third-order valence-corrected chi connectivity index (χ3v) is 5.93. The maximum atomic E-state index is 2.53. The van der Waals surface area contributed by atoms with Gasteiger partial charge in [-0.3, -0.25) is 0 Å². The van der Waals surface area contributed by atoms with Gasteiger partial charge in [-0.15, -0.1) is 0 Å². The van der Waals surface area contributed by atoms with Crippen molar-refractivity contribution in [3.05, 3.63) is 47.0 Å². The fourth-order valence-electron chi connectivity index (χ4n) is 5.22. The SMILES string of the molecule is CC(C)Cc1ccc2c(c1)CCCC21CC2C=CC1C2. The Labute approximate surface area is 123 Å². The Morgan fingerprint density at radius 3 is 2.85 bits per heavy atom. The van der Waals surface area contributed by atoms with Gasteiger partial charge >= 0.3 is 0 Å². The summed E-state index contributed by atoms with van der Waals surface area (Å²) in [6, 6.07) is 7.45. The summed E-state index contributed by atoms with van der Waals surface area (Å²) < 4.78 is 0. The zero-order valence-electron chi connectivity index (χ0n) is 12.9. The maximum absolute atomic E-state index is 2.53. The van der Waals surface area contributed by atoms with E-state index in [9.17, 15) is 0 Å². The first kappa shape index (κ1) is 12.7. The highest BCUT2D eigenvalue weighted by Gasteiger charge is 2.50. The molecule has 20 heavy (non-hydrogen) atoms. The molecule has 1 aromatic carbocycles. The highest BCUT2D eigenvalue weighted by atomic mass is 14.5. The number of benzene rings is 1. The minimum atomic E-state index is 0.517. The van der Waals surface area contributed by atoms with Crippen LogP contribution in [0.25, 0.3) is 0 Å². The van der Waals surface area contributed by atoms with Gasteiger partial charge < -0.3 is 0 Å². The second-order valence-corrected chi connectivity index (χ2v) is 7.79. The lowest BCUT2D eigenvalue weighted by atomic mass is 9.63. The van der Waals surface area contributed by atoms with E-state index in [-0.39, 0.29) is 0 Å². The van der Waals surface area contributed by atoms with Crippen molar-refractivity contribution in [1.29, 1.82) is 0 Å². The lowest BCUT2D eigenvalue weighted by molar-refractivity contribution is 0.303. The molecule has 3 atom stereocenters. The number of hydrogen-bond donors (Lipinski definition) is 0. The lowest BCUT2D eigenvalue weighted by Gasteiger charge is -2.41. The molecule has 3 aliphatic rings. The molecule has 3 aliphatic carbocycles. The fraction of sp³-hybridized carbons (Fsp3) is 0.600. The third-order valence-electron chi connectivity index (χ3n) is 5.93. The summed E-state index contributed by atoms with van der Waals surface area (Å²) in [6.45, 7) is 4.64.